The number of amides is 1. The molecular formula is C14H14N2OS. The number of carbonyl (C=O) groups excluding carboxylic acids is 1. The molecule has 0 bridgehead atoms. The summed E-state index contributed by atoms with van der Waals surface area (Å²) in [5.74, 6) is 0.387. The maximum absolute atomic E-state index is 11.6. The van der Waals surface area contributed by atoms with Crippen molar-refractivity contribution in [2.45, 2.75) is 19.8 Å². The van der Waals surface area contributed by atoms with Crippen LogP contribution in [0.1, 0.15) is 17.7 Å². The number of aromatic nitrogens is 1. The van der Waals surface area contributed by atoms with Gasteiger partial charge in [-0.2, -0.15) is 0 Å². The highest BCUT2D eigenvalue weighted by Gasteiger charge is 2.29. The van der Waals surface area contributed by atoms with E-state index in [-0.39, 0.29) is 11.8 Å². The molecule has 0 aliphatic heterocycles. The minimum absolute atomic E-state index is 0.146. The quantitative estimate of drug-likeness (QED) is 0.916. The van der Waals surface area contributed by atoms with E-state index in [9.17, 15) is 4.79 Å². The minimum Gasteiger partial charge on any atom is -0.326 e. The molecule has 1 aliphatic rings. The lowest BCUT2D eigenvalue weighted by molar-refractivity contribution is -0.117. The first-order valence-electron chi connectivity index (χ1n) is 6.05. The molecule has 1 aromatic heterocycles. The highest BCUT2D eigenvalue weighted by molar-refractivity contribution is 7.10. The number of aryl methyl sites for hydroxylation is 1. The summed E-state index contributed by atoms with van der Waals surface area (Å²) in [6, 6.07) is 7.89. The van der Waals surface area contributed by atoms with Crippen LogP contribution in [0.2, 0.25) is 0 Å². The van der Waals surface area contributed by atoms with Crippen molar-refractivity contribution < 1.29 is 4.79 Å². The monoisotopic (exact) mass is 258 g/mol. The summed E-state index contributed by atoms with van der Waals surface area (Å²) < 4.78 is 0. The highest BCUT2D eigenvalue weighted by Crippen LogP contribution is 2.30. The van der Waals surface area contributed by atoms with Crippen LogP contribution in [0, 0.1) is 12.8 Å². The van der Waals surface area contributed by atoms with Crippen molar-refractivity contribution in [1.29, 1.82) is 0 Å². The second-order valence-electron chi connectivity index (χ2n) is 4.60. The average molecular weight is 258 g/mol. The average Bonchev–Trinajstić information content (AvgIpc) is 3.14. The van der Waals surface area contributed by atoms with Gasteiger partial charge in [0.15, 0.2) is 0 Å². The number of rotatable bonds is 3. The molecule has 92 valence electrons. The lowest BCUT2D eigenvalue weighted by Gasteiger charge is -2.05. The predicted molar refractivity (Wildman–Crippen MR) is 73.6 cm³/mol. The fraction of sp³-hybridized carbons (Fsp3) is 0.286. The van der Waals surface area contributed by atoms with E-state index in [2.05, 4.69) is 17.2 Å². The molecular weight excluding hydrogens is 244 g/mol. The van der Waals surface area contributed by atoms with Crippen molar-refractivity contribution in [3.8, 4) is 11.3 Å². The first kappa shape index (κ1) is 11.4. The summed E-state index contributed by atoms with van der Waals surface area (Å²) in [5, 5.41) is 2.93. The maximum Gasteiger partial charge on any atom is 0.227 e. The smallest absolute Gasteiger partial charge is 0.227 e. The highest BCUT2D eigenvalue weighted by atomic mass is 32.1. The van der Waals surface area contributed by atoms with Crippen LogP contribution in [0.5, 0.6) is 0 Å². The molecule has 1 fully saturated rings. The number of nitrogens with one attached hydrogen (secondary N) is 1. The summed E-state index contributed by atoms with van der Waals surface area (Å²) in [6.45, 7) is 2.07. The number of carbonyl (C=O) groups is 1. The van der Waals surface area contributed by atoms with Crippen molar-refractivity contribution >= 4 is 22.9 Å². The SMILES string of the molecule is Cc1scnc1-c1ccc(NC(=O)C2CC2)cc1. The van der Waals surface area contributed by atoms with Crippen molar-refractivity contribution in [2.24, 2.45) is 5.92 Å². The number of benzene rings is 1. The minimum atomic E-state index is 0.146. The van der Waals surface area contributed by atoms with E-state index < -0.39 is 0 Å². The molecule has 4 heteroatoms. The normalized spacial score (nSPS) is 14.5. The zero-order valence-corrected chi connectivity index (χ0v) is 11.0. The molecule has 0 atom stereocenters. The molecule has 1 amide bonds. The summed E-state index contributed by atoms with van der Waals surface area (Å²) in [4.78, 5) is 17.2. The zero-order chi connectivity index (χ0) is 12.5. The van der Waals surface area contributed by atoms with Crippen LogP contribution in [0.3, 0.4) is 0 Å². The second kappa shape index (κ2) is 4.53. The second-order valence-corrected chi connectivity index (χ2v) is 5.66. The van der Waals surface area contributed by atoms with Gasteiger partial charge in [-0.15, -0.1) is 11.3 Å². The summed E-state index contributed by atoms with van der Waals surface area (Å²) in [7, 11) is 0. The number of nitrogens with zero attached hydrogens (tertiary/aromatic N) is 1. The molecule has 0 saturated heterocycles. The number of hydrogen-bond acceptors (Lipinski definition) is 3. The Morgan fingerprint density at radius 2 is 2.06 bits per heavy atom. The number of thiazole rings is 1. The van der Waals surface area contributed by atoms with E-state index in [1.54, 1.807) is 11.3 Å². The van der Waals surface area contributed by atoms with E-state index in [0.717, 1.165) is 29.8 Å². The van der Waals surface area contributed by atoms with Gasteiger partial charge in [0.1, 0.15) is 0 Å². The fourth-order valence-corrected chi connectivity index (χ4v) is 2.48. The van der Waals surface area contributed by atoms with E-state index in [1.807, 2.05) is 29.8 Å². The molecule has 0 unspecified atom stereocenters. The lowest BCUT2D eigenvalue weighted by Crippen LogP contribution is -2.12. The summed E-state index contributed by atoms with van der Waals surface area (Å²) in [5.41, 5.74) is 4.84. The predicted octanol–water partition coefficient (Wildman–Crippen LogP) is 3.47. The van der Waals surface area contributed by atoms with Gasteiger partial charge < -0.3 is 5.32 Å². The Kier molecular flexibility index (Phi) is 2.88. The maximum atomic E-state index is 11.6. The third-order valence-electron chi connectivity index (χ3n) is 3.12. The van der Waals surface area contributed by atoms with Crippen LogP contribution in [-0.4, -0.2) is 10.9 Å². The van der Waals surface area contributed by atoms with Crippen LogP contribution in [0.15, 0.2) is 29.8 Å². The molecule has 1 heterocycles. The summed E-state index contributed by atoms with van der Waals surface area (Å²) >= 11 is 1.65. The molecule has 0 spiro atoms. The third kappa shape index (κ3) is 2.29. The van der Waals surface area contributed by atoms with Crippen molar-refractivity contribution in [2.75, 3.05) is 5.32 Å². The third-order valence-corrected chi connectivity index (χ3v) is 3.88. The Morgan fingerprint density at radius 1 is 1.33 bits per heavy atom. The zero-order valence-electron chi connectivity index (χ0n) is 10.1. The topological polar surface area (TPSA) is 42.0 Å². The molecule has 3 nitrogen and oxygen atoms in total. The van der Waals surface area contributed by atoms with E-state index in [0.29, 0.717) is 0 Å². The van der Waals surface area contributed by atoms with Gasteiger partial charge in [-0.05, 0) is 31.9 Å². The van der Waals surface area contributed by atoms with Crippen LogP contribution in [0.25, 0.3) is 11.3 Å². The van der Waals surface area contributed by atoms with Crippen molar-refractivity contribution in [3.05, 3.63) is 34.7 Å². The molecule has 0 radical (unpaired) electrons. The molecule has 3 rings (SSSR count). The molecule has 1 saturated carbocycles. The lowest BCUT2D eigenvalue weighted by atomic mass is 10.1. The fourth-order valence-electron chi connectivity index (χ4n) is 1.88. The van der Waals surface area contributed by atoms with Crippen LogP contribution >= 0.6 is 11.3 Å². The Morgan fingerprint density at radius 3 is 2.61 bits per heavy atom. The first-order chi connectivity index (χ1) is 8.74. The van der Waals surface area contributed by atoms with Gasteiger partial charge in [-0.1, -0.05) is 12.1 Å². The van der Waals surface area contributed by atoms with Crippen molar-refractivity contribution in [3.63, 3.8) is 0 Å². The van der Waals surface area contributed by atoms with Gasteiger partial charge in [0.05, 0.1) is 11.2 Å². The largest absolute Gasteiger partial charge is 0.326 e. The van der Waals surface area contributed by atoms with Gasteiger partial charge in [0, 0.05) is 22.0 Å². The van der Waals surface area contributed by atoms with Gasteiger partial charge in [-0.3, -0.25) is 4.79 Å². The Labute approximate surface area is 110 Å². The van der Waals surface area contributed by atoms with Crippen LogP contribution < -0.4 is 5.32 Å². The Bertz CT molecular complexity index is 570. The molecule has 1 aliphatic carbocycles. The van der Waals surface area contributed by atoms with E-state index in [1.165, 1.54) is 4.88 Å². The van der Waals surface area contributed by atoms with E-state index >= 15 is 0 Å². The molecule has 1 N–H and O–H groups in total. The van der Waals surface area contributed by atoms with Crippen molar-refractivity contribution in [1.82, 2.24) is 4.98 Å². The van der Waals surface area contributed by atoms with E-state index in [4.69, 9.17) is 0 Å². The first-order valence-corrected chi connectivity index (χ1v) is 6.93. The van der Waals surface area contributed by atoms with Gasteiger partial charge >= 0.3 is 0 Å². The number of hydrogen-bond donors (Lipinski definition) is 1. The number of anilines is 1. The molecule has 18 heavy (non-hydrogen) atoms. The Balaban J connectivity index is 1.76. The molecule has 2 aromatic rings. The summed E-state index contributed by atoms with van der Waals surface area (Å²) in [6.07, 6.45) is 2.06. The standard InChI is InChI=1S/C14H14N2OS/c1-9-13(15-8-18-9)10-4-6-12(7-5-10)16-14(17)11-2-3-11/h4-8,11H,2-3H2,1H3,(H,16,17). The Hall–Kier alpha value is -1.68. The van der Waals surface area contributed by atoms with Crippen LogP contribution in [0.4, 0.5) is 5.69 Å². The molecule has 1 aromatic carbocycles. The van der Waals surface area contributed by atoms with Gasteiger partial charge in [0.25, 0.3) is 0 Å². The van der Waals surface area contributed by atoms with Gasteiger partial charge in [-0.25, -0.2) is 4.98 Å². The van der Waals surface area contributed by atoms with Gasteiger partial charge in [0.2, 0.25) is 5.91 Å². The van der Waals surface area contributed by atoms with Crippen LogP contribution in [-0.2, 0) is 4.79 Å².